The van der Waals surface area contributed by atoms with E-state index in [4.69, 9.17) is 0 Å². The average Bonchev–Trinajstić information content (AvgIpc) is 2.59. The Balaban J connectivity index is 2.32. The van der Waals surface area contributed by atoms with Crippen molar-refractivity contribution in [3.63, 3.8) is 0 Å². The zero-order chi connectivity index (χ0) is 11.0. The smallest absolute Gasteiger partial charge is 0.176 e. The van der Waals surface area contributed by atoms with Gasteiger partial charge in [0.15, 0.2) is 6.29 Å². The SMILES string of the molecule is CC(C)n1cnc2c1NC(N(C)C)N=C2. The molecule has 0 bridgehead atoms. The zero-order valence-electron chi connectivity index (χ0n) is 9.60. The summed E-state index contributed by atoms with van der Waals surface area (Å²) in [6.07, 6.45) is 3.69. The molecule has 0 fully saturated rings. The van der Waals surface area contributed by atoms with Gasteiger partial charge in [-0.1, -0.05) is 0 Å². The number of hydrogen-bond donors (Lipinski definition) is 1. The molecule has 2 rings (SSSR count). The summed E-state index contributed by atoms with van der Waals surface area (Å²) in [6, 6.07) is 0.406. The first-order valence-electron chi connectivity index (χ1n) is 5.12. The molecule has 0 amide bonds. The summed E-state index contributed by atoms with van der Waals surface area (Å²) in [4.78, 5) is 10.7. The molecular formula is C10H17N5. The Labute approximate surface area is 89.8 Å². The summed E-state index contributed by atoms with van der Waals surface area (Å²) in [6.45, 7) is 4.28. The van der Waals surface area contributed by atoms with Crippen molar-refractivity contribution in [3.8, 4) is 0 Å². The maximum absolute atomic E-state index is 4.36. The van der Waals surface area contributed by atoms with E-state index in [1.54, 1.807) is 0 Å². The van der Waals surface area contributed by atoms with Crippen molar-refractivity contribution in [2.24, 2.45) is 4.99 Å². The van der Waals surface area contributed by atoms with Crippen molar-refractivity contribution in [1.82, 2.24) is 14.5 Å². The van der Waals surface area contributed by atoms with Crippen LogP contribution in [0.15, 0.2) is 11.3 Å². The predicted molar refractivity (Wildman–Crippen MR) is 61.3 cm³/mol. The maximum Gasteiger partial charge on any atom is 0.176 e. The molecule has 1 aromatic heterocycles. The molecule has 5 heteroatoms. The minimum atomic E-state index is 0.00620. The Kier molecular flexibility index (Phi) is 2.48. The summed E-state index contributed by atoms with van der Waals surface area (Å²) in [5.74, 6) is 1.05. The summed E-state index contributed by atoms with van der Waals surface area (Å²) >= 11 is 0. The Morgan fingerprint density at radius 1 is 1.47 bits per heavy atom. The van der Waals surface area contributed by atoms with Gasteiger partial charge in [-0.15, -0.1) is 0 Å². The third-order valence-corrected chi connectivity index (χ3v) is 2.47. The minimum Gasteiger partial charge on any atom is -0.336 e. The van der Waals surface area contributed by atoms with Crippen molar-refractivity contribution in [2.45, 2.75) is 26.2 Å². The van der Waals surface area contributed by atoms with Gasteiger partial charge in [0.25, 0.3) is 0 Å². The molecule has 1 unspecified atom stereocenters. The van der Waals surface area contributed by atoms with Gasteiger partial charge < -0.3 is 9.88 Å². The maximum atomic E-state index is 4.36. The van der Waals surface area contributed by atoms with E-state index in [2.05, 4.69) is 33.7 Å². The number of fused-ring (bicyclic) bond motifs is 1. The van der Waals surface area contributed by atoms with E-state index in [1.165, 1.54) is 0 Å². The van der Waals surface area contributed by atoms with Gasteiger partial charge in [0.1, 0.15) is 11.5 Å². The van der Waals surface area contributed by atoms with Crippen molar-refractivity contribution >= 4 is 12.0 Å². The normalized spacial score (nSPS) is 19.5. The molecule has 82 valence electrons. The van der Waals surface area contributed by atoms with Gasteiger partial charge in [-0.2, -0.15) is 0 Å². The van der Waals surface area contributed by atoms with Crippen molar-refractivity contribution in [1.29, 1.82) is 0 Å². The van der Waals surface area contributed by atoms with Gasteiger partial charge >= 0.3 is 0 Å². The number of imidazole rings is 1. The fraction of sp³-hybridized carbons (Fsp3) is 0.600. The molecule has 0 radical (unpaired) electrons. The molecular weight excluding hydrogens is 190 g/mol. The number of nitrogens with one attached hydrogen (secondary N) is 1. The standard InChI is InChI=1S/C10H17N5/c1-7(2)15-6-12-8-5-11-10(14(3)4)13-9(8)15/h5-7,10,13H,1-4H3. The van der Waals surface area contributed by atoms with Crippen LogP contribution in [0.25, 0.3) is 0 Å². The second-order valence-corrected chi connectivity index (χ2v) is 4.24. The Bertz CT molecular complexity index is 377. The third kappa shape index (κ3) is 1.74. The fourth-order valence-corrected chi connectivity index (χ4v) is 1.57. The lowest BCUT2D eigenvalue weighted by Crippen LogP contribution is -2.36. The molecule has 0 saturated carbocycles. The fourth-order valence-electron chi connectivity index (χ4n) is 1.57. The first kappa shape index (κ1) is 10.2. The highest BCUT2D eigenvalue weighted by Gasteiger charge is 2.20. The number of nitrogens with zero attached hydrogens (tertiary/aromatic N) is 4. The van der Waals surface area contributed by atoms with Crippen LogP contribution >= 0.6 is 0 Å². The number of aliphatic imine (C=N–C) groups is 1. The van der Waals surface area contributed by atoms with E-state index >= 15 is 0 Å². The molecule has 15 heavy (non-hydrogen) atoms. The van der Waals surface area contributed by atoms with Crippen LogP contribution < -0.4 is 5.32 Å². The minimum absolute atomic E-state index is 0.00620. The van der Waals surface area contributed by atoms with Crippen LogP contribution in [-0.4, -0.2) is 41.1 Å². The molecule has 1 N–H and O–H groups in total. The summed E-state index contributed by atoms with van der Waals surface area (Å²) in [5.41, 5.74) is 0.918. The van der Waals surface area contributed by atoms with E-state index in [-0.39, 0.29) is 6.29 Å². The highest BCUT2D eigenvalue weighted by atomic mass is 15.4. The topological polar surface area (TPSA) is 45.5 Å². The van der Waals surface area contributed by atoms with Gasteiger partial charge in [-0.3, -0.25) is 9.89 Å². The van der Waals surface area contributed by atoms with Crippen molar-refractivity contribution in [3.05, 3.63) is 12.0 Å². The molecule has 0 saturated heterocycles. The first-order chi connectivity index (χ1) is 7.09. The van der Waals surface area contributed by atoms with Crippen LogP contribution in [0, 0.1) is 0 Å². The van der Waals surface area contributed by atoms with E-state index in [9.17, 15) is 0 Å². The second kappa shape index (κ2) is 3.66. The molecule has 1 aliphatic rings. The van der Waals surface area contributed by atoms with Crippen LogP contribution in [-0.2, 0) is 0 Å². The number of rotatable bonds is 2. The summed E-state index contributed by atoms with van der Waals surface area (Å²) in [7, 11) is 3.99. The Morgan fingerprint density at radius 3 is 2.80 bits per heavy atom. The molecule has 5 nitrogen and oxygen atoms in total. The third-order valence-electron chi connectivity index (χ3n) is 2.47. The van der Waals surface area contributed by atoms with E-state index in [0.29, 0.717) is 6.04 Å². The van der Waals surface area contributed by atoms with Gasteiger partial charge in [-0.25, -0.2) is 4.98 Å². The van der Waals surface area contributed by atoms with Crippen LogP contribution in [0.2, 0.25) is 0 Å². The van der Waals surface area contributed by atoms with Gasteiger partial charge in [-0.05, 0) is 27.9 Å². The molecule has 1 aliphatic heterocycles. The monoisotopic (exact) mass is 207 g/mol. The summed E-state index contributed by atoms with van der Waals surface area (Å²) < 4.78 is 2.12. The van der Waals surface area contributed by atoms with Crippen molar-refractivity contribution < 1.29 is 0 Å². The predicted octanol–water partition coefficient (Wildman–Crippen LogP) is 1.15. The Hall–Kier alpha value is -1.36. The number of hydrogen-bond acceptors (Lipinski definition) is 4. The first-order valence-corrected chi connectivity index (χ1v) is 5.12. The molecule has 0 spiro atoms. The molecule has 2 heterocycles. The zero-order valence-corrected chi connectivity index (χ0v) is 9.60. The molecule has 0 aliphatic carbocycles. The number of anilines is 1. The molecule has 0 aromatic carbocycles. The largest absolute Gasteiger partial charge is 0.336 e. The number of aromatic nitrogens is 2. The van der Waals surface area contributed by atoms with Gasteiger partial charge in [0, 0.05) is 6.04 Å². The van der Waals surface area contributed by atoms with E-state index < -0.39 is 0 Å². The lowest BCUT2D eigenvalue weighted by Gasteiger charge is -2.26. The second-order valence-electron chi connectivity index (χ2n) is 4.24. The van der Waals surface area contributed by atoms with Crippen LogP contribution in [0.5, 0.6) is 0 Å². The lowest BCUT2D eigenvalue weighted by molar-refractivity contribution is 0.330. The van der Waals surface area contributed by atoms with Crippen molar-refractivity contribution in [2.75, 3.05) is 19.4 Å². The summed E-state index contributed by atoms with van der Waals surface area (Å²) in [5, 5.41) is 3.35. The molecule has 1 aromatic rings. The quantitative estimate of drug-likeness (QED) is 0.791. The van der Waals surface area contributed by atoms with E-state index in [0.717, 1.165) is 11.5 Å². The van der Waals surface area contributed by atoms with Crippen LogP contribution in [0.4, 0.5) is 5.82 Å². The van der Waals surface area contributed by atoms with Gasteiger partial charge in [0.2, 0.25) is 0 Å². The van der Waals surface area contributed by atoms with Crippen LogP contribution in [0.1, 0.15) is 25.6 Å². The van der Waals surface area contributed by atoms with Crippen LogP contribution in [0.3, 0.4) is 0 Å². The van der Waals surface area contributed by atoms with Gasteiger partial charge in [0.05, 0.1) is 12.5 Å². The highest BCUT2D eigenvalue weighted by molar-refractivity contribution is 5.86. The highest BCUT2D eigenvalue weighted by Crippen LogP contribution is 2.22. The Morgan fingerprint density at radius 2 is 2.20 bits per heavy atom. The van der Waals surface area contributed by atoms with E-state index in [1.807, 2.05) is 31.5 Å². The molecule has 1 atom stereocenters. The lowest BCUT2D eigenvalue weighted by atomic mass is 10.3. The average molecular weight is 207 g/mol.